The van der Waals surface area contributed by atoms with Crippen molar-refractivity contribution in [2.45, 2.75) is 18.9 Å². The Labute approximate surface area is 106 Å². The first-order chi connectivity index (χ1) is 8.08. The van der Waals surface area contributed by atoms with Crippen LogP contribution in [0.2, 0.25) is 5.02 Å². The van der Waals surface area contributed by atoms with Gasteiger partial charge in [0.15, 0.2) is 0 Å². The van der Waals surface area contributed by atoms with E-state index in [-0.39, 0.29) is 18.4 Å². The summed E-state index contributed by atoms with van der Waals surface area (Å²) in [6.45, 7) is 0. The average Bonchev–Trinajstić information content (AvgIpc) is 2.35. The summed E-state index contributed by atoms with van der Waals surface area (Å²) < 4.78 is 9.76. The Hall–Kier alpha value is -1.26. The average molecular weight is 258 g/mol. The van der Waals surface area contributed by atoms with E-state index in [1.165, 1.54) is 7.11 Å². The summed E-state index contributed by atoms with van der Waals surface area (Å²) in [5, 5.41) is 0.592. The van der Waals surface area contributed by atoms with Gasteiger partial charge in [-0.15, -0.1) is 0 Å². The van der Waals surface area contributed by atoms with Gasteiger partial charge in [-0.2, -0.15) is 0 Å². The van der Waals surface area contributed by atoms with Gasteiger partial charge in [0.2, 0.25) is 0 Å². The maximum atomic E-state index is 11.0. The van der Waals surface area contributed by atoms with Crippen LogP contribution in [-0.2, 0) is 9.53 Å². The first-order valence-corrected chi connectivity index (χ1v) is 5.62. The highest BCUT2D eigenvalue weighted by molar-refractivity contribution is 6.30. The van der Waals surface area contributed by atoms with E-state index in [0.29, 0.717) is 17.2 Å². The summed E-state index contributed by atoms with van der Waals surface area (Å²) >= 11 is 5.91. The van der Waals surface area contributed by atoms with Gasteiger partial charge in [-0.3, -0.25) is 4.79 Å². The second-order valence-electron chi connectivity index (χ2n) is 3.61. The Morgan fingerprint density at radius 1 is 1.47 bits per heavy atom. The third-order valence-electron chi connectivity index (χ3n) is 2.48. The van der Waals surface area contributed by atoms with Gasteiger partial charge in [0.1, 0.15) is 5.75 Å². The number of rotatable bonds is 5. The molecule has 0 spiro atoms. The Bertz CT molecular complexity index is 395. The highest BCUT2D eigenvalue weighted by Gasteiger charge is 2.14. The molecule has 17 heavy (non-hydrogen) atoms. The van der Waals surface area contributed by atoms with Gasteiger partial charge in [-0.05, 0) is 24.6 Å². The minimum Gasteiger partial charge on any atom is -0.496 e. The predicted molar refractivity (Wildman–Crippen MR) is 66.2 cm³/mol. The maximum Gasteiger partial charge on any atom is 0.305 e. The summed E-state index contributed by atoms with van der Waals surface area (Å²) in [7, 11) is 2.92. The van der Waals surface area contributed by atoms with Crippen molar-refractivity contribution in [3.63, 3.8) is 0 Å². The second kappa shape index (κ2) is 6.47. The minimum absolute atomic E-state index is 0.271. The van der Waals surface area contributed by atoms with Crippen LogP contribution < -0.4 is 10.5 Å². The number of esters is 1. The normalized spacial score (nSPS) is 12.0. The predicted octanol–water partition coefficient (Wildman–Crippen LogP) is 2.30. The lowest BCUT2D eigenvalue weighted by Gasteiger charge is -2.15. The van der Waals surface area contributed by atoms with E-state index in [1.54, 1.807) is 25.3 Å². The quantitative estimate of drug-likeness (QED) is 0.823. The Balaban J connectivity index is 2.76. The zero-order valence-corrected chi connectivity index (χ0v) is 10.7. The van der Waals surface area contributed by atoms with Crippen LogP contribution in [0, 0.1) is 0 Å². The van der Waals surface area contributed by atoms with Gasteiger partial charge in [0.05, 0.1) is 14.2 Å². The fourth-order valence-electron chi connectivity index (χ4n) is 1.53. The number of carbonyl (C=O) groups is 1. The van der Waals surface area contributed by atoms with Gasteiger partial charge >= 0.3 is 5.97 Å². The number of benzene rings is 1. The molecule has 1 aromatic rings. The number of hydrogen-bond donors (Lipinski definition) is 1. The third-order valence-corrected chi connectivity index (χ3v) is 2.71. The summed E-state index contributed by atoms with van der Waals surface area (Å²) in [5.74, 6) is 0.396. The highest BCUT2D eigenvalue weighted by Crippen LogP contribution is 2.29. The summed E-state index contributed by atoms with van der Waals surface area (Å²) in [4.78, 5) is 11.0. The minimum atomic E-state index is -0.303. The molecule has 0 aliphatic carbocycles. The number of carbonyl (C=O) groups excluding carboxylic acids is 1. The van der Waals surface area contributed by atoms with Crippen molar-refractivity contribution in [3.05, 3.63) is 28.8 Å². The van der Waals surface area contributed by atoms with E-state index in [9.17, 15) is 4.79 Å². The zero-order valence-electron chi connectivity index (χ0n) is 9.90. The van der Waals surface area contributed by atoms with Crippen molar-refractivity contribution < 1.29 is 14.3 Å². The van der Waals surface area contributed by atoms with Gasteiger partial charge in [0.25, 0.3) is 0 Å². The fourth-order valence-corrected chi connectivity index (χ4v) is 1.71. The van der Waals surface area contributed by atoms with Crippen molar-refractivity contribution >= 4 is 17.6 Å². The Morgan fingerprint density at radius 2 is 2.18 bits per heavy atom. The van der Waals surface area contributed by atoms with Gasteiger partial charge in [-0.25, -0.2) is 0 Å². The van der Waals surface area contributed by atoms with E-state index < -0.39 is 0 Å². The summed E-state index contributed by atoms with van der Waals surface area (Å²) in [5.41, 5.74) is 6.79. The summed E-state index contributed by atoms with van der Waals surface area (Å²) in [6.07, 6.45) is 0.761. The van der Waals surface area contributed by atoms with Crippen LogP contribution in [0.25, 0.3) is 0 Å². The molecule has 1 atom stereocenters. The van der Waals surface area contributed by atoms with Gasteiger partial charge < -0.3 is 15.2 Å². The molecular formula is C12H16ClNO3. The Morgan fingerprint density at radius 3 is 2.76 bits per heavy atom. The van der Waals surface area contributed by atoms with Crippen LogP contribution in [0.3, 0.4) is 0 Å². The number of nitrogens with two attached hydrogens (primary N) is 1. The molecule has 4 nitrogen and oxygen atoms in total. The molecule has 0 radical (unpaired) electrons. The highest BCUT2D eigenvalue weighted by atomic mass is 35.5. The lowest BCUT2D eigenvalue weighted by atomic mass is 10.0. The van der Waals surface area contributed by atoms with E-state index in [2.05, 4.69) is 4.74 Å². The maximum absolute atomic E-state index is 11.0. The van der Waals surface area contributed by atoms with E-state index >= 15 is 0 Å². The van der Waals surface area contributed by atoms with E-state index in [1.807, 2.05) is 0 Å². The van der Waals surface area contributed by atoms with Crippen LogP contribution in [0.1, 0.15) is 24.4 Å². The molecule has 0 heterocycles. The van der Waals surface area contributed by atoms with Crippen molar-refractivity contribution in [1.29, 1.82) is 0 Å². The van der Waals surface area contributed by atoms with Gasteiger partial charge in [0, 0.05) is 23.0 Å². The molecule has 0 saturated heterocycles. The molecule has 1 rings (SSSR count). The molecule has 1 unspecified atom stereocenters. The first kappa shape index (κ1) is 13.8. The van der Waals surface area contributed by atoms with Crippen LogP contribution in [0.5, 0.6) is 5.75 Å². The van der Waals surface area contributed by atoms with E-state index in [0.717, 1.165) is 5.56 Å². The summed E-state index contributed by atoms with van der Waals surface area (Å²) in [6, 6.07) is 4.94. The van der Waals surface area contributed by atoms with E-state index in [4.69, 9.17) is 22.1 Å². The molecule has 0 aliphatic heterocycles. The molecule has 0 fully saturated rings. The molecule has 2 N–H and O–H groups in total. The molecule has 0 saturated carbocycles. The SMILES string of the molecule is COC(=O)CCC(N)c1cc(Cl)ccc1OC. The molecule has 0 aliphatic rings. The molecule has 0 bridgehead atoms. The Kier molecular flexibility index (Phi) is 5.25. The number of ether oxygens (including phenoxy) is 2. The molecule has 0 amide bonds. The van der Waals surface area contributed by atoms with Crippen molar-refractivity contribution in [2.75, 3.05) is 14.2 Å². The zero-order chi connectivity index (χ0) is 12.8. The number of methoxy groups -OCH3 is 2. The number of halogens is 1. The first-order valence-electron chi connectivity index (χ1n) is 5.24. The monoisotopic (exact) mass is 257 g/mol. The lowest BCUT2D eigenvalue weighted by molar-refractivity contribution is -0.140. The number of hydrogen-bond acceptors (Lipinski definition) is 4. The van der Waals surface area contributed by atoms with Crippen LogP contribution in [-0.4, -0.2) is 20.2 Å². The molecule has 1 aromatic carbocycles. The molecule has 5 heteroatoms. The molecular weight excluding hydrogens is 242 g/mol. The smallest absolute Gasteiger partial charge is 0.305 e. The van der Waals surface area contributed by atoms with Gasteiger partial charge in [-0.1, -0.05) is 11.6 Å². The second-order valence-corrected chi connectivity index (χ2v) is 4.04. The van der Waals surface area contributed by atoms with Crippen molar-refractivity contribution in [3.8, 4) is 5.75 Å². The standard InChI is InChI=1S/C12H16ClNO3/c1-16-11-5-3-8(13)7-9(11)10(14)4-6-12(15)17-2/h3,5,7,10H,4,6,14H2,1-2H3. The fraction of sp³-hybridized carbons (Fsp3) is 0.417. The topological polar surface area (TPSA) is 61.5 Å². The van der Waals surface area contributed by atoms with Crippen LogP contribution >= 0.6 is 11.6 Å². The third kappa shape index (κ3) is 3.91. The van der Waals surface area contributed by atoms with Crippen molar-refractivity contribution in [1.82, 2.24) is 0 Å². The van der Waals surface area contributed by atoms with Crippen LogP contribution in [0.15, 0.2) is 18.2 Å². The van der Waals surface area contributed by atoms with Crippen LogP contribution in [0.4, 0.5) is 0 Å². The van der Waals surface area contributed by atoms with Crippen molar-refractivity contribution in [2.24, 2.45) is 5.73 Å². The molecule has 0 aromatic heterocycles. The lowest BCUT2D eigenvalue weighted by Crippen LogP contribution is -2.14. The molecule has 94 valence electrons. The largest absolute Gasteiger partial charge is 0.496 e.